The summed E-state index contributed by atoms with van der Waals surface area (Å²) < 4.78 is 40.0. The summed E-state index contributed by atoms with van der Waals surface area (Å²) in [6, 6.07) is 7.79. The van der Waals surface area contributed by atoms with Crippen LogP contribution in [0.1, 0.15) is 0 Å². The van der Waals surface area contributed by atoms with E-state index >= 15 is 0 Å². The molecule has 16 heavy (non-hydrogen) atoms. The van der Waals surface area contributed by atoms with Crippen LogP contribution in [0.25, 0.3) is 11.1 Å². The Morgan fingerprint density at radius 1 is 0.750 bits per heavy atom. The van der Waals surface area contributed by atoms with Gasteiger partial charge >= 0.3 is 0 Å². The van der Waals surface area contributed by atoms with E-state index in [4.69, 9.17) is 5.73 Å². The molecule has 0 amide bonds. The van der Waals surface area contributed by atoms with E-state index in [-0.39, 0.29) is 16.8 Å². The molecule has 2 aromatic carbocycles. The summed E-state index contributed by atoms with van der Waals surface area (Å²) in [6.07, 6.45) is 0. The summed E-state index contributed by atoms with van der Waals surface area (Å²) in [4.78, 5) is 0. The highest BCUT2D eigenvalue weighted by atomic mass is 19.2. The van der Waals surface area contributed by atoms with Crippen molar-refractivity contribution in [2.24, 2.45) is 0 Å². The highest BCUT2D eigenvalue weighted by Crippen LogP contribution is 2.29. The lowest BCUT2D eigenvalue weighted by atomic mass is 10.0. The summed E-state index contributed by atoms with van der Waals surface area (Å²) in [7, 11) is 0. The van der Waals surface area contributed by atoms with Gasteiger partial charge < -0.3 is 5.73 Å². The maximum Gasteiger partial charge on any atom is 0.166 e. The molecule has 82 valence electrons. The summed E-state index contributed by atoms with van der Waals surface area (Å²) in [5.41, 5.74) is 5.08. The van der Waals surface area contributed by atoms with E-state index < -0.39 is 17.5 Å². The van der Waals surface area contributed by atoms with Crippen LogP contribution in [0.2, 0.25) is 0 Å². The van der Waals surface area contributed by atoms with Crippen molar-refractivity contribution < 1.29 is 13.2 Å². The van der Waals surface area contributed by atoms with Crippen molar-refractivity contribution in [1.29, 1.82) is 0 Å². The van der Waals surface area contributed by atoms with E-state index in [1.807, 2.05) is 0 Å². The van der Waals surface area contributed by atoms with E-state index in [0.29, 0.717) is 0 Å². The zero-order chi connectivity index (χ0) is 11.7. The van der Waals surface area contributed by atoms with Crippen LogP contribution in [0.15, 0.2) is 36.4 Å². The van der Waals surface area contributed by atoms with Gasteiger partial charge in [-0.2, -0.15) is 0 Å². The molecule has 0 radical (unpaired) electrons. The van der Waals surface area contributed by atoms with Crippen LogP contribution in [0, 0.1) is 17.5 Å². The Bertz CT molecular complexity index is 488. The van der Waals surface area contributed by atoms with Crippen LogP contribution < -0.4 is 5.73 Å². The average molecular weight is 223 g/mol. The Kier molecular flexibility index (Phi) is 2.56. The fourth-order valence-electron chi connectivity index (χ4n) is 1.47. The minimum Gasteiger partial charge on any atom is -0.396 e. The van der Waals surface area contributed by atoms with Crippen molar-refractivity contribution in [2.45, 2.75) is 0 Å². The molecule has 0 fully saturated rings. The summed E-state index contributed by atoms with van der Waals surface area (Å²) in [6.45, 7) is 0. The number of rotatable bonds is 1. The van der Waals surface area contributed by atoms with Crippen LogP contribution in [-0.2, 0) is 0 Å². The third-order valence-corrected chi connectivity index (χ3v) is 2.27. The van der Waals surface area contributed by atoms with Crippen LogP contribution in [-0.4, -0.2) is 0 Å². The Labute approximate surface area is 90.3 Å². The minimum absolute atomic E-state index is 0.0444. The number of anilines is 1. The molecule has 0 unspecified atom stereocenters. The molecule has 0 aliphatic heterocycles. The summed E-state index contributed by atoms with van der Waals surface area (Å²) >= 11 is 0. The minimum atomic E-state index is -1.08. The number of hydrogen-bond donors (Lipinski definition) is 1. The van der Waals surface area contributed by atoms with Crippen molar-refractivity contribution >= 4 is 5.69 Å². The standard InChI is InChI=1S/C12H8F3N/c13-9-5-1-3-7(11(9)14)8-4-2-6-10(16)12(8)15/h1-6H,16H2. The highest BCUT2D eigenvalue weighted by molar-refractivity contribution is 5.69. The molecule has 2 N–H and O–H groups in total. The zero-order valence-electron chi connectivity index (χ0n) is 8.18. The Morgan fingerprint density at radius 2 is 1.31 bits per heavy atom. The molecule has 0 saturated heterocycles. The SMILES string of the molecule is Nc1cccc(-c2cccc(F)c2F)c1F. The van der Waals surface area contributed by atoms with Gasteiger partial charge in [-0.3, -0.25) is 0 Å². The first-order chi connectivity index (χ1) is 7.61. The fourth-order valence-corrected chi connectivity index (χ4v) is 1.47. The molecule has 2 aromatic rings. The molecular weight excluding hydrogens is 215 g/mol. The number of halogens is 3. The van der Waals surface area contributed by atoms with Gasteiger partial charge in [0.25, 0.3) is 0 Å². The fraction of sp³-hybridized carbons (Fsp3) is 0. The Hall–Kier alpha value is -1.97. The summed E-state index contributed by atoms with van der Waals surface area (Å²) in [5.74, 6) is -2.83. The molecule has 0 saturated carbocycles. The van der Waals surface area contributed by atoms with Crippen LogP contribution in [0.4, 0.5) is 18.9 Å². The molecule has 0 aromatic heterocycles. The van der Waals surface area contributed by atoms with E-state index in [2.05, 4.69) is 0 Å². The normalized spacial score (nSPS) is 10.4. The van der Waals surface area contributed by atoms with Crippen molar-refractivity contribution in [3.05, 3.63) is 53.8 Å². The Morgan fingerprint density at radius 3 is 2.00 bits per heavy atom. The molecular formula is C12H8F3N. The second kappa shape index (κ2) is 3.89. The third-order valence-electron chi connectivity index (χ3n) is 2.27. The van der Waals surface area contributed by atoms with E-state index in [0.717, 1.165) is 6.07 Å². The van der Waals surface area contributed by atoms with Crippen LogP contribution in [0.3, 0.4) is 0 Å². The molecule has 1 nitrogen and oxygen atoms in total. The van der Waals surface area contributed by atoms with Crippen molar-refractivity contribution in [1.82, 2.24) is 0 Å². The van der Waals surface area contributed by atoms with Crippen molar-refractivity contribution in [2.75, 3.05) is 5.73 Å². The molecule has 0 spiro atoms. The first-order valence-corrected chi connectivity index (χ1v) is 4.59. The van der Waals surface area contributed by atoms with Crippen LogP contribution in [0.5, 0.6) is 0 Å². The van der Waals surface area contributed by atoms with Gasteiger partial charge in [0.2, 0.25) is 0 Å². The topological polar surface area (TPSA) is 26.0 Å². The third kappa shape index (κ3) is 1.62. The molecule has 0 atom stereocenters. The first-order valence-electron chi connectivity index (χ1n) is 4.59. The molecule has 4 heteroatoms. The van der Waals surface area contributed by atoms with Gasteiger partial charge in [-0.05, 0) is 12.1 Å². The number of hydrogen-bond acceptors (Lipinski definition) is 1. The maximum atomic E-state index is 13.6. The lowest BCUT2D eigenvalue weighted by Gasteiger charge is -2.06. The smallest absolute Gasteiger partial charge is 0.166 e. The number of benzene rings is 2. The first kappa shape index (κ1) is 10.5. The van der Waals surface area contributed by atoms with Gasteiger partial charge in [-0.25, -0.2) is 13.2 Å². The van der Waals surface area contributed by atoms with Gasteiger partial charge in [-0.1, -0.05) is 24.3 Å². The van der Waals surface area contributed by atoms with Gasteiger partial charge in [0.15, 0.2) is 17.5 Å². The molecule has 2 rings (SSSR count). The second-order valence-electron chi connectivity index (χ2n) is 3.31. The lowest BCUT2D eigenvalue weighted by molar-refractivity contribution is 0.510. The largest absolute Gasteiger partial charge is 0.396 e. The predicted octanol–water partition coefficient (Wildman–Crippen LogP) is 3.35. The second-order valence-corrected chi connectivity index (χ2v) is 3.31. The predicted molar refractivity (Wildman–Crippen MR) is 56.2 cm³/mol. The lowest BCUT2D eigenvalue weighted by Crippen LogP contribution is -1.96. The average Bonchev–Trinajstić information content (AvgIpc) is 2.27. The number of nitrogens with two attached hydrogens (primary N) is 1. The Balaban J connectivity index is 2.68. The molecule has 0 aliphatic rings. The molecule has 0 aliphatic carbocycles. The monoisotopic (exact) mass is 223 g/mol. The van der Waals surface area contributed by atoms with Gasteiger partial charge in [0, 0.05) is 11.1 Å². The van der Waals surface area contributed by atoms with Crippen molar-refractivity contribution in [3.63, 3.8) is 0 Å². The molecule has 0 bridgehead atoms. The van der Waals surface area contributed by atoms with Crippen LogP contribution >= 0.6 is 0 Å². The zero-order valence-corrected chi connectivity index (χ0v) is 8.18. The van der Waals surface area contributed by atoms with Gasteiger partial charge in [0.05, 0.1) is 5.69 Å². The number of nitrogen functional groups attached to an aromatic ring is 1. The summed E-state index contributed by atoms with van der Waals surface area (Å²) in [5, 5.41) is 0. The van der Waals surface area contributed by atoms with E-state index in [1.54, 1.807) is 0 Å². The van der Waals surface area contributed by atoms with Gasteiger partial charge in [-0.15, -0.1) is 0 Å². The van der Waals surface area contributed by atoms with E-state index in [9.17, 15) is 13.2 Å². The van der Waals surface area contributed by atoms with Gasteiger partial charge in [0.1, 0.15) is 0 Å². The maximum absolute atomic E-state index is 13.6. The highest BCUT2D eigenvalue weighted by Gasteiger charge is 2.14. The molecule has 0 heterocycles. The van der Waals surface area contributed by atoms with E-state index in [1.165, 1.54) is 30.3 Å². The quantitative estimate of drug-likeness (QED) is 0.737. The van der Waals surface area contributed by atoms with Crippen molar-refractivity contribution in [3.8, 4) is 11.1 Å².